The van der Waals surface area contributed by atoms with Crippen LogP contribution in [0.15, 0.2) is 53.4 Å². The minimum absolute atomic E-state index is 0.0426. The zero-order valence-electron chi connectivity index (χ0n) is 21.3. The molecule has 1 amide bonds. The van der Waals surface area contributed by atoms with E-state index in [2.05, 4.69) is 71.7 Å². The zero-order chi connectivity index (χ0) is 25.4. The Bertz CT molecular complexity index is 1390. The largest absolute Gasteiger partial charge is 0.370 e. The number of benzene rings is 1. The summed E-state index contributed by atoms with van der Waals surface area (Å²) in [5.41, 5.74) is 4.83. The molecule has 9 nitrogen and oxygen atoms in total. The number of nitrogens with zero attached hydrogens (tertiary/aromatic N) is 6. The molecule has 1 atom stereocenters. The van der Waals surface area contributed by atoms with E-state index < -0.39 is 5.41 Å². The van der Waals surface area contributed by atoms with Crippen molar-refractivity contribution in [2.75, 3.05) is 26.0 Å². The van der Waals surface area contributed by atoms with E-state index >= 15 is 0 Å². The highest BCUT2D eigenvalue weighted by atomic mass is 16.5. The molecule has 1 aliphatic heterocycles. The van der Waals surface area contributed by atoms with Gasteiger partial charge in [0.25, 0.3) is 5.89 Å². The Morgan fingerprint density at radius 1 is 1.17 bits per heavy atom. The number of hydrogen-bond acceptors (Lipinski definition) is 7. The molecule has 36 heavy (non-hydrogen) atoms. The van der Waals surface area contributed by atoms with Crippen molar-refractivity contribution < 1.29 is 9.32 Å². The van der Waals surface area contributed by atoms with E-state index in [1.807, 2.05) is 6.20 Å². The molecule has 3 aromatic heterocycles. The van der Waals surface area contributed by atoms with Gasteiger partial charge in [0.2, 0.25) is 5.91 Å². The Hall–Kier alpha value is -4.01. The van der Waals surface area contributed by atoms with Crippen LogP contribution in [0.4, 0.5) is 5.82 Å². The number of nitrogens with one attached hydrogen (secondary N) is 1. The van der Waals surface area contributed by atoms with Crippen LogP contribution >= 0.6 is 0 Å². The normalized spacial score (nSPS) is 14.4. The number of aromatic nitrogens is 5. The zero-order valence-corrected chi connectivity index (χ0v) is 21.3. The Kier molecular flexibility index (Phi) is 6.07. The van der Waals surface area contributed by atoms with Gasteiger partial charge in [0.1, 0.15) is 12.4 Å². The summed E-state index contributed by atoms with van der Waals surface area (Å²) in [6.45, 7) is 7.56. The SMILES string of the molecule is CC(C)C(C)(c1ccc(-c2cnc3c(c2)CCN3)cc1)c1noc(-c2cnn(CC(=O)N(C)C)c2)n1. The summed E-state index contributed by atoms with van der Waals surface area (Å²) in [7, 11) is 3.44. The van der Waals surface area contributed by atoms with Crippen LogP contribution in [-0.2, 0) is 23.2 Å². The number of amides is 1. The van der Waals surface area contributed by atoms with Gasteiger partial charge in [0, 0.05) is 38.6 Å². The molecule has 5 rings (SSSR count). The van der Waals surface area contributed by atoms with Crippen molar-refractivity contribution >= 4 is 11.7 Å². The average molecular weight is 486 g/mol. The molecule has 0 spiro atoms. The summed E-state index contributed by atoms with van der Waals surface area (Å²) < 4.78 is 7.22. The lowest BCUT2D eigenvalue weighted by Gasteiger charge is -2.31. The van der Waals surface area contributed by atoms with Crippen molar-refractivity contribution in [2.24, 2.45) is 5.92 Å². The van der Waals surface area contributed by atoms with E-state index in [0.29, 0.717) is 17.3 Å². The number of hydrogen-bond donors (Lipinski definition) is 1. The minimum Gasteiger partial charge on any atom is -0.370 e. The highest BCUT2D eigenvalue weighted by Gasteiger charge is 2.37. The third-order valence-corrected chi connectivity index (χ3v) is 7.19. The quantitative estimate of drug-likeness (QED) is 0.422. The molecular weight excluding hydrogens is 454 g/mol. The lowest BCUT2D eigenvalue weighted by molar-refractivity contribution is -0.129. The number of anilines is 1. The predicted octanol–water partition coefficient (Wildman–Crippen LogP) is 4.01. The van der Waals surface area contributed by atoms with Crippen LogP contribution < -0.4 is 5.32 Å². The molecule has 0 saturated carbocycles. The van der Waals surface area contributed by atoms with Crippen LogP contribution in [0.2, 0.25) is 0 Å². The van der Waals surface area contributed by atoms with Crippen LogP contribution in [0.25, 0.3) is 22.6 Å². The van der Waals surface area contributed by atoms with Gasteiger partial charge in [-0.2, -0.15) is 10.1 Å². The van der Waals surface area contributed by atoms with Crippen LogP contribution in [-0.4, -0.2) is 56.4 Å². The Balaban J connectivity index is 1.41. The van der Waals surface area contributed by atoms with Gasteiger partial charge in [-0.3, -0.25) is 9.48 Å². The van der Waals surface area contributed by atoms with Gasteiger partial charge >= 0.3 is 0 Å². The molecule has 1 unspecified atom stereocenters. The first-order chi connectivity index (χ1) is 17.3. The van der Waals surface area contributed by atoms with Crippen molar-refractivity contribution in [3.05, 3.63) is 65.9 Å². The van der Waals surface area contributed by atoms with E-state index in [1.165, 1.54) is 10.5 Å². The summed E-state index contributed by atoms with van der Waals surface area (Å²) >= 11 is 0. The van der Waals surface area contributed by atoms with Crippen molar-refractivity contribution in [1.29, 1.82) is 0 Å². The maximum absolute atomic E-state index is 12.0. The maximum atomic E-state index is 12.0. The summed E-state index contributed by atoms with van der Waals surface area (Å²) in [6.07, 6.45) is 6.32. The summed E-state index contributed by atoms with van der Waals surface area (Å²) in [4.78, 5) is 22.9. The number of pyridine rings is 1. The topological polar surface area (TPSA) is 102 Å². The fourth-order valence-corrected chi connectivity index (χ4v) is 4.46. The number of carbonyl (C=O) groups is 1. The number of likely N-dealkylation sites (N-methyl/N-ethyl adjacent to an activating group) is 1. The predicted molar refractivity (Wildman–Crippen MR) is 137 cm³/mol. The first-order valence-electron chi connectivity index (χ1n) is 12.2. The Labute approximate surface area is 210 Å². The third kappa shape index (κ3) is 4.25. The summed E-state index contributed by atoms with van der Waals surface area (Å²) in [5.74, 6) is 2.16. The Morgan fingerprint density at radius 3 is 2.67 bits per heavy atom. The molecule has 4 aromatic rings. The smallest absolute Gasteiger partial charge is 0.261 e. The number of rotatable bonds is 7. The second-order valence-corrected chi connectivity index (χ2v) is 9.98. The first-order valence-corrected chi connectivity index (χ1v) is 12.2. The van der Waals surface area contributed by atoms with E-state index in [0.717, 1.165) is 35.5 Å². The van der Waals surface area contributed by atoms with Crippen molar-refractivity contribution in [3.8, 4) is 22.6 Å². The fraction of sp³-hybridized carbons (Fsp3) is 0.370. The maximum Gasteiger partial charge on any atom is 0.261 e. The fourth-order valence-electron chi connectivity index (χ4n) is 4.46. The highest BCUT2D eigenvalue weighted by molar-refractivity contribution is 5.75. The molecule has 0 radical (unpaired) electrons. The van der Waals surface area contributed by atoms with Gasteiger partial charge < -0.3 is 14.7 Å². The van der Waals surface area contributed by atoms with E-state index in [4.69, 9.17) is 9.51 Å². The van der Waals surface area contributed by atoms with Gasteiger partial charge in [0.05, 0.1) is 17.2 Å². The minimum atomic E-state index is -0.461. The molecule has 1 N–H and O–H groups in total. The van der Waals surface area contributed by atoms with Crippen LogP contribution in [0.1, 0.15) is 37.7 Å². The number of carbonyl (C=O) groups excluding carboxylic acids is 1. The molecule has 1 aromatic carbocycles. The molecule has 0 bridgehead atoms. The molecule has 0 aliphatic carbocycles. The second kappa shape index (κ2) is 9.22. The lowest BCUT2D eigenvalue weighted by atomic mass is 9.72. The molecular formula is C27H31N7O2. The molecule has 4 heterocycles. The molecule has 186 valence electrons. The van der Waals surface area contributed by atoms with Gasteiger partial charge in [-0.15, -0.1) is 0 Å². The monoisotopic (exact) mass is 485 g/mol. The van der Waals surface area contributed by atoms with Crippen LogP contribution in [0.3, 0.4) is 0 Å². The van der Waals surface area contributed by atoms with Crippen molar-refractivity contribution in [3.63, 3.8) is 0 Å². The van der Waals surface area contributed by atoms with E-state index in [-0.39, 0.29) is 18.4 Å². The van der Waals surface area contributed by atoms with Gasteiger partial charge in [-0.1, -0.05) is 43.3 Å². The summed E-state index contributed by atoms with van der Waals surface area (Å²) in [5, 5.41) is 11.9. The second-order valence-electron chi connectivity index (χ2n) is 9.98. The number of fused-ring (bicyclic) bond motifs is 1. The molecule has 0 fully saturated rings. The average Bonchev–Trinajstić information content (AvgIpc) is 3.63. The molecule has 1 aliphatic rings. The third-order valence-electron chi connectivity index (χ3n) is 7.19. The Morgan fingerprint density at radius 2 is 1.94 bits per heavy atom. The highest BCUT2D eigenvalue weighted by Crippen LogP contribution is 2.39. The first kappa shape index (κ1) is 23.7. The standard InChI is InChI=1S/C27H31N7O2/c1-17(2)27(3,22-8-6-18(7-9-22)20-12-19-10-11-28-24(19)29-13-20)26-31-25(36-32-26)21-14-30-34(15-21)16-23(35)33(4)5/h6-9,12-15,17H,10-11,16H2,1-5H3,(H,28,29). The summed E-state index contributed by atoms with van der Waals surface area (Å²) in [6, 6.07) is 10.8. The van der Waals surface area contributed by atoms with Gasteiger partial charge in [-0.25, -0.2) is 4.98 Å². The van der Waals surface area contributed by atoms with Crippen LogP contribution in [0.5, 0.6) is 0 Å². The van der Waals surface area contributed by atoms with E-state index in [1.54, 1.807) is 31.2 Å². The van der Waals surface area contributed by atoms with Crippen molar-refractivity contribution in [2.45, 2.75) is 39.2 Å². The lowest BCUT2D eigenvalue weighted by Crippen LogP contribution is -2.31. The van der Waals surface area contributed by atoms with E-state index in [9.17, 15) is 4.79 Å². The van der Waals surface area contributed by atoms with Gasteiger partial charge in [0.15, 0.2) is 5.82 Å². The van der Waals surface area contributed by atoms with Gasteiger partial charge in [-0.05, 0) is 42.0 Å². The van der Waals surface area contributed by atoms with Crippen LogP contribution in [0, 0.1) is 5.92 Å². The molecule has 0 saturated heterocycles. The van der Waals surface area contributed by atoms with Crippen molar-refractivity contribution in [1.82, 2.24) is 29.8 Å². The molecule has 9 heteroatoms.